The lowest BCUT2D eigenvalue weighted by molar-refractivity contribution is 0.149. The van der Waals surface area contributed by atoms with Crippen molar-refractivity contribution in [3.05, 3.63) is 24.2 Å². The quantitative estimate of drug-likeness (QED) is 0.769. The number of aliphatic imine (C=N–C) groups is 1. The van der Waals surface area contributed by atoms with Gasteiger partial charge in [-0.3, -0.25) is 9.89 Å². The lowest BCUT2D eigenvalue weighted by atomic mass is 10.4. The van der Waals surface area contributed by atoms with Crippen molar-refractivity contribution in [2.24, 2.45) is 4.99 Å². The first-order valence-corrected chi connectivity index (χ1v) is 4.96. The molecule has 1 aromatic heterocycles. The van der Waals surface area contributed by atoms with Gasteiger partial charge in [0.1, 0.15) is 5.76 Å². The van der Waals surface area contributed by atoms with Crippen LogP contribution in [0.2, 0.25) is 0 Å². The van der Waals surface area contributed by atoms with E-state index in [-0.39, 0.29) is 0 Å². The van der Waals surface area contributed by atoms with Gasteiger partial charge in [-0.25, -0.2) is 0 Å². The molecule has 1 aromatic rings. The maximum Gasteiger partial charge on any atom is 0.195 e. The monoisotopic (exact) mass is 208 g/mol. The Bertz CT molecular complexity index is 333. The van der Waals surface area contributed by atoms with Crippen LogP contribution in [0.15, 0.2) is 27.8 Å². The van der Waals surface area contributed by atoms with Gasteiger partial charge >= 0.3 is 0 Å². The van der Waals surface area contributed by atoms with Gasteiger partial charge in [-0.2, -0.15) is 0 Å². The summed E-state index contributed by atoms with van der Waals surface area (Å²) in [5, 5.41) is 3.24. The average Bonchev–Trinajstić information content (AvgIpc) is 2.71. The van der Waals surface area contributed by atoms with E-state index >= 15 is 0 Å². The fourth-order valence-electron chi connectivity index (χ4n) is 1.71. The molecule has 1 N–H and O–H groups in total. The normalized spacial score (nSPS) is 20.7. The summed E-state index contributed by atoms with van der Waals surface area (Å²) in [6.07, 6.45) is 1.70. The average molecular weight is 208 g/mol. The van der Waals surface area contributed by atoms with Gasteiger partial charge in [0.2, 0.25) is 0 Å². The second kappa shape index (κ2) is 4.35. The van der Waals surface area contributed by atoms with Crippen LogP contribution in [0, 0.1) is 0 Å². The smallest absolute Gasteiger partial charge is 0.195 e. The number of guanidine groups is 1. The van der Waals surface area contributed by atoms with Crippen LogP contribution in [0.1, 0.15) is 5.76 Å². The first-order chi connectivity index (χ1) is 7.29. The molecule has 0 aromatic carbocycles. The number of nitrogens with one attached hydrogen (secondary N) is 1. The Labute approximate surface area is 89.4 Å². The third kappa shape index (κ3) is 2.30. The van der Waals surface area contributed by atoms with Crippen LogP contribution in [-0.2, 0) is 6.54 Å². The second-order valence-corrected chi connectivity index (χ2v) is 3.63. The minimum atomic E-state index is 0.803. The molecule has 0 spiro atoms. The third-order valence-electron chi connectivity index (χ3n) is 2.41. The molecule has 0 aliphatic carbocycles. The van der Waals surface area contributed by atoms with Crippen LogP contribution in [0.25, 0.3) is 0 Å². The molecule has 1 fully saturated rings. The number of hydrogen-bond acceptors (Lipinski definition) is 3. The molecule has 5 nitrogen and oxygen atoms in total. The standard InChI is InChI=1S/C10H16N4O/c1-11-10-12-7-14(8-13(10)2)6-9-4-3-5-15-9/h3-5H,6-8H2,1-2H3,(H,11,12). The van der Waals surface area contributed by atoms with E-state index < -0.39 is 0 Å². The predicted molar refractivity (Wildman–Crippen MR) is 58.2 cm³/mol. The van der Waals surface area contributed by atoms with E-state index in [9.17, 15) is 0 Å². The van der Waals surface area contributed by atoms with Gasteiger partial charge in [0.15, 0.2) is 5.96 Å². The molecule has 1 aliphatic rings. The highest BCUT2D eigenvalue weighted by atomic mass is 16.3. The summed E-state index contributed by atoms with van der Waals surface area (Å²) in [4.78, 5) is 8.46. The van der Waals surface area contributed by atoms with Crippen molar-refractivity contribution in [3.8, 4) is 0 Å². The van der Waals surface area contributed by atoms with Crippen LogP contribution in [-0.4, -0.2) is 43.2 Å². The number of furan rings is 1. The molecule has 0 saturated carbocycles. The van der Waals surface area contributed by atoms with Crippen LogP contribution in [0.4, 0.5) is 0 Å². The van der Waals surface area contributed by atoms with Crippen molar-refractivity contribution in [3.63, 3.8) is 0 Å². The molecular formula is C10H16N4O. The zero-order chi connectivity index (χ0) is 10.7. The van der Waals surface area contributed by atoms with Crippen LogP contribution < -0.4 is 5.32 Å². The summed E-state index contributed by atoms with van der Waals surface area (Å²) >= 11 is 0. The largest absolute Gasteiger partial charge is 0.468 e. The predicted octanol–water partition coefficient (Wildman–Crippen LogP) is 0.517. The maximum absolute atomic E-state index is 5.31. The Morgan fingerprint density at radius 3 is 3.07 bits per heavy atom. The Morgan fingerprint density at radius 1 is 1.60 bits per heavy atom. The minimum absolute atomic E-state index is 0.803. The van der Waals surface area contributed by atoms with Crippen molar-refractivity contribution < 1.29 is 4.42 Å². The lowest BCUT2D eigenvalue weighted by Gasteiger charge is -2.35. The number of hydrogen-bond donors (Lipinski definition) is 1. The fourth-order valence-corrected chi connectivity index (χ4v) is 1.71. The van der Waals surface area contributed by atoms with E-state index in [2.05, 4.69) is 20.1 Å². The Kier molecular flexibility index (Phi) is 2.91. The van der Waals surface area contributed by atoms with E-state index in [0.717, 1.165) is 31.6 Å². The fraction of sp³-hybridized carbons (Fsp3) is 0.500. The van der Waals surface area contributed by atoms with Crippen LogP contribution in [0.5, 0.6) is 0 Å². The Balaban J connectivity index is 1.92. The molecule has 0 bridgehead atoms. The molecule has 5 heteroatoms. The molecule has 0 radical (unpaired) electrons. The summed E-state index contributed by atoms with van der Waals surface area (Å²) in [7, 11) is 3.81. The Morgan fingerprint density at radius 2 is 2.47 bits per heavy atom. The summed E-state index contributed by atoms with van der Waals surface area (Å²) < 4.78 is 5.31. The minimum Gasteiger partial charge on any atom is -0.468 e. The highest BCUT2D eigenvalue weighted by Gasteiger charge is 2.18. The first kappa shape index (κ1) is 10.0. The van der Waals surface area contributed by atoms with E-state index in [4.69, 9.17) is 4.42 Å². The van der Waals surface area contributed by atoms with Gasteiger partial charge in [-0.05, 0) is 12.1 Å². The summed E-state index contributed by atoms with van der Waals surface area (Å²) in [6.45, 7) is 2.49. The zero-order valence-electron chi connectivity index (χ0n) is 9.10. The van der Waals surface area contributed by atoms with E-state index in [1.165, 1.54) is 0 Å². The first-order valence-electron chi connectivity index (χ1n) is 4.96. The molecule has 0 unspecified atom stereocenters. The van der Waals surface area contributed by atoms with Gasteiger partial charge in [0, 0.05) is 14.1 Å². The highest BCUT2D eigenvalue weighted by Crippen LogP contribution is 2.07. The second-order valence-electron chi connectivity index (χ2n) is 3.63. The van der Waals surface area contributed by atoms with Gasteiger partial charge in [-0.1, -0.05) is 0 Å². The van der Waals surface area contributed by atoms with Crippen molar-refractivity contribution in [1.29, 1.82) is 0 Å². The molecule has 1 aliphatic heterocycles. The van der Waals surface area contributed by atoms with E-state index in [1.807, 2.05) is 19.2 Å². The van der Waals surface area contributed by atoms with Crippen molar-refractivity contribution in [2.75, 3.05) is 27.4 Å². The van der Waals surface area contributed by atoms with Gasteiger partial charge in [-0.15, -0.1) is 0 Å². The molecule has 82 valence electrons. The number of rotatable bonds is 2. The van der Waals surface area contributed by atoms with Crippen LogP contribution in [0.3, 0.4) is 0 Å². The van der Waals surface area contributed by atoms with E-state index in [1.54, 1.807) is 13.3 Å². The number of nitrogens with zero attached hydrogens (tertiary/aromatic N) is 3. The summed E-state index contributed by atoms with van der Waals surface area (Å²) in [5.41, 5.74) is 0. The highest BCUT2D eigenvalue weighted by molar-refractivity contribution is 5.79. The van der Waals surface area contributed by atoms with Gasteiger partial charge < -0.3 is 14.6 Å². The van der Waals surface area contributed by atoms with Gasteiger partial charge in [0.05, 0.1) is 26.1 Å². The van der Waals surface area contributed by atoms with Crippen molar-refractivity contribution >= 4 is 5.96 Å². The summed E-state index contributed by atoms with van der Waals surface area (Å²) in [6, 6.07) is 3.90. The van der Waals surface area contributed by atoms with Gasteiger partial charge in [0.25, 0.3) is 0 Å². The van der Waals surface area contributed by atoms with Crippen LogP contribution >= 0.6 is 0 Å². The molecule has 15 heavy (non-hydrogen) atoms. The zero-order valence-corrected chi connectivity index (χ0v) is 9.10. The van der Waals surface area contributed by atoms with E-state index in [0.29, 0.717) is 0 Å². The Hall–Kier alpha value is -1.49. The summed E-state index contributed by atoms with van der Waals surface area (Å²) in [5.74, 6) is 1.92. The van der Waals surface area contributed by atoms with Crippen molar-refractivity contribution in [1.82, 2.24) is 15.1 Å². The molecule has 1 saturated heterocycles. The van der Waals surface area contributed by atoms with Crippen molar-refractivity contribution in [2.45, 2.75) is 6.54 Å². The molecule has 0 atom stereocenters. The lowest BCUT2D eigenvalue weighted by Crippen LogP contribution is -2.54. The SMILES string of the molecule is CN=C1NCN(Cc2ccco2)CN1C. The third-order valence-corrected chi connectivity index (χ3v) is 2.41. The molecule has 2 rings (SSSR count). The molecule has 2 heterocycles. The maximum atomic E-state index is 5.31. The topological polar surface area (TPSA) is 44.0 Å². The molecular weight excluding hydrogens is 192 g/mol. The molecule has 0 amide bonds.